The molecule has 84 valence electrons. The number of oxazole rings is 1. The van der Waals surface area contributed by atoms with Crippen LogP contribution in [0.25, 0.3) is 11.5 Å². The molecule has 1 aromatic carbocycles. The first-order valence-corrected chi connectivity index (χ1v) is 5.40. The van der Waals surface area contributed by atoms with E-state index < -0.39 is 0 Å². The minimum atomic E-state index is 0.340. The highest BCUT2D eigenvalue weighted by molar-refractivity contribution is 5.73. The normalized spacial score (nSPS) is 11.0. The van der Waals surface area contributed by atoms with Crippen LogP contribution in [-0.2, 0) is 0 Å². The van der Waals surface area contributed by atoms with Gasteiger partial charge in [0.1, 0.15) is 5.76 Å². The highest BCUT2D eigenvalue weighted by atomic mass is 16.4. The molecule has 2 aromatic rings. The Kier molecular flexibility index (Phi) is 2.69. The summed E-state index contributed by atoms with van der Waals surface area (Å²) < 4.78 is 5.68. The Morgan fingerprint density at radius 3 is 2.69 bits per heavy atom. The molecular formula is C13H16N2O. The number of aryl methyl sites for hydroxylation is 1. The molecule has 0 bridgehead atoms. The second kappa shape index (κ2) is 4.00. The molecule has 0 aliphatic rings. The molecule has 3 nitrogen and oxygen atoms in total. The Hall–Kier alpha value is -1.77. The molecule has 1 heterocycles. The van der Waals surface area contributed by atoms with Crippen molar-refractivity contribution < 1.29 is 4.42 Å². The zero-order valence-corrected chi connectivity index (χ0v) is 9.82. The number of hydrogen-bond donors (Lipinski definition) is 1. The van der Waals surface area contributed by atoms with Crippen molar-refractivity contribution in [1.29, 1.82) is 0 Å². The summed E-state index contributed by atoms with van der Waals surface area (Å²) in [5.74, 6) is 1.83. The monoisotopic (exact) mass is 216 g/mol. The van der Waals surface area contributed by atoms with Crippen LogP contribution < -0.4 is 5.73 Å². The number of para-hydroxylation sites is 1. The molecule has 0 aliphatic carbocycles. The molecule has 2 rings (SSSR count). The third-order valence-corrected chi connectivity index (χ3v) is 2.65. The summed E-state index contributed by atoms with van der Waals surface area (Å²) in [6.45, 7) is 6.12. The molecule has 0 spiro atoms. The van der Waals surface area contributed by atoms with Gasteiger partial charge in [-0.05, 0) is 18.6 Å². The van der Waals surface area contributed by atoms with Crippen LogP contribution in [0, 0.1) is 6.92 Å². The Labute approximate surface area is 95.3 Å². The maximum atomic E-state index is 6.00. The van der Waals surface area contributed by atoms with Gasteiger partial charge in [-0.2, -0.15) is 0 Å². The van der Waals surface area contributed by atoms with E-state index in [1.165, 1.54) is 0 Å². The van der Waals surface area contributed by atoms with Crippen molar-refractivity contribution in [2.75, 3.05) is 5.73 Å². The molecule has 0 radical (unpaired) electrons. The first kappa shape index (κ1) is 10.7. The van der Waals surface area contributed by atoms with Crippen molar-refractivity contribution in [3.8, 4) is 11.5 Å². The number of aromatic nitrogens is 1. The Bertz CT molecular complexity index is 500. The quantitative estimate of drug-likeness (QED) is 0.783. The summed E-state index contributed by atoms with van der Waals surface area (Å²) in [4.78, 5) is 4.26. The summed E-state index contributed by atoms with van der Waals surface area (Å²) in [6.07, 6.45) is 1.77. The highest BCUT2D eigenvalue weighted by Crippen LogP contribution is 2.29. The maximum Gasteiger partial charge on any atom is 0.228 e. The van der Waals surface area contributed by atoms with Gasteiger partial charge in [-0.3, -0.25) is 0 Å². The molecule has 0 saturated heterocycles. The number of nitrogens with two attached hydrogens (primary N) is 1. The standard InChI is InChI=1S/C13H16N2O/c1-8(2)11-7-15-13(16-11)10-6-4-5-9(3)12(10)14/h4-8H,14H2,1-3H3. The summed E-state index contributed by atoms with van der Waals surface area (Å²) >= 11 is 0. The molecule has 0 unspecified atom stereocenters. The minimum absolute atomic E-state index is 0.340. The second-order valence-corrected chi connectivity index (χ2v) is 4.26. The molecular weight excluding hydrogens is 200 g/mol. The average Bonchev–Trinajstić information content (AvgIpc) is 2.71. The van der Waals surface area contributed by atoms with Crippen LogP contribution in [0.4, 0.5) is 5.69 Å². The van der Waals surface area contributed by atoms with E-state index in [1.54, 1.807) is 6.20 Å². The number of anilines is 1. The van der Waals surface area contributed by atoms with Gasteiger partial charge in [0.25, 0.3) is 0 Å². The molecule has 0 aliphatic heterocycles. The lowest BCUT2D eigenvalue weighted by Crippen LogP contribution is -1.93. The lowest BCUT2D eigenvalue weighted by molar-refractivity contribution is 0.495. The molecule has 16 heavy (non-hydrogen) atoms. The molecule has 1 aromatic heterocycles. The summed E-state index contributed by atoms with van der Waals surface area (Å²) in [7, 11) is 0. The van der Waals surface area contributed by atoms with Crippen LogP contribution in [0.1, 0.15) is 31.1 Å². The van der Waals surface area contributed by atoms with E-state index in [0.717, 1.165) is 22.6 Å². The predicted molar refractivity (Wildman–Crippen MR) is 65.2 cm³/mol. The fraction of sp³-hybridized carbons (Fsp3) is 0.308. The third-order valence-electron chi connectivity index (χ3n) is 2.65. The molecule has 0 atom stereocenters. The van der Waals surface area contributed by atoms with E-state index in [1.807, 2.05) is 25.1 Å². The summed E-state index contributed by atoms with van der Waals surface area (Å²) in [6, 6.07) is 5.86. The van der Waals surface area contributed by atoms with Gasteiger partial charge < -0.3 is 10.2 Å². The zero-order chi connectivity index (χ0) is 11.7. The van der Waals surface area contributed by atoms with E-state index in [4.69, 9.17) is 10.2 Å². The molecule has 0 amide bonds. The minimum Gasteiger partial charge on any atom is -0.441 e. The average molecular weight is 216 g/mol. The van der Waals surface area contributed by atoms with E-state index >= 15 is 0 Å². The van der Waals surface area contributed by atoms with Gasteiger partial charge in [-0.15, -0.1) is 0 Å². The number of hydrogen-bond acceptors (Lipinski definition) is 3. The predicted octanol–water partition coefficient (Wildman–Crippen LogP) is 3.36. The largest absolute Gasteiger partial charge is 0.441 e. The van der Waals surface area contributed by atoms with Crippen molar-refractivity contribution >= 4 is 5.69 Å². The van der Waals surface area contributed by atoms with E-state index in [-0.39, 0.29) is 0 Å². The van der Waals surface area contributed by atoms with Crippen molar-refractivity contribution in [2.24, 2.45) is 0 Å². The first-order valence-electron chi connectivity index (χ1n) is 5.40. The van der Waals surface area contributed by atoms with Crippen LogP contribution in [0.2, 0.25) is 0 Å². The number of nitrogens with zero attached hydrogens (tertiary/aromatic N) is 1. The fourth-order valence-electron chi connectivity index (χ4n) is 1.55. The maximum absolute atomic E-state index is 6.00. The number of benzene rings is 1. The molecule has 0 saturated carbocycles. The van der Waals surface area contributed by atoms with Crippen molar-refractivity contribution in [3.63, 3.8) is 0 Å². The number of rotatable bonds is 2. The lowest BCUT2D eigenvalue weighted by atomic mass is 10.1. The fourth-order valence-corrected chi connectivity index (χ4v) is 1.55. The van der Waals surface area contributed by atoms with Crippen LogP contribution in [0.3, 0.4) is 0 Å². The van der Waals surface area contributed by atoms with Gasteiger partial charge in [0.2, 0.25) is 5.89 Å². The van der Waals surface area contributed by atoms with Gasteiger partial charge in [0, 0.05) is 11.6 Å². The smallest absolute Gasteiger partial charge is 0.228 e. The topological polar surface area (TPSA) is 52.0 Å². The molecule has 0 fully saturated rings. The van der Waals surface area contributed by atoms with Gasteiger partial charge in [-0.25, -0.2) is 4.98 Å². The number of nitrogen functional groups attached to an aromatic ring is 1. The van der Waals surface area contributed by atoms with Gasteiger partial charge in [0.05, 0.1) is 11.8 Å². The van der Waals surface area contributed by atoms with E-state index in [2.05, 4.69) is 18.8 Å². The van der Waals surface area contributed by atoms with Crippen LogP contribution in [0.15, 0.2) is 28.8 Å². The van der Waals surface area contributed by atoms with E-state index in [0.29, 0.717) is 11.8 Å². The summed E-state index contributed by atoms with van der Waals surface area (Å²) in [5, 5.41) is 0. The van der Waals surface area contributed by atoms with Crippen molar-refractivity contribution in [1.82, 2.24) is 4.98 Å². The van der Waals surface area contributed by atoms with Crippen LogP contribution >= 0.6 is 0 Å². The Morgan fingerprint density at radius 1 is 1.31 bits per heavy atom. The Balaban J connectivity index is 2.47. The molecule has 2 N–H and O–H groups in total. The molecule has 3 heteroatoms. The van der Waals surface area contributed by atoms with Crippen LogP contribution in [0.5, 0.6) is 0 Å². The SMILES string of the molecule is Cc1cccc(-c2ncc(C(C)C)o2)c1N. The van der Waals surface area contributed by atoms with Gasteiger partial charge in [0.15, 0.2) is 0 Å². The zero-order valence-electron chi connectivity index (χ0n) is 9.82. The van der Waals surface area contributed by atoms with Gasteiger partial charge in [-0.1, -0.05) is 26.0 Å². The second-order valence-electron chi connectivity index (χ2n) is 4.26. The lowest BCUT2D eigenvalue weighted by Gasteiger charge is -2.04. The third kappa shape index (κ3) is 1.81. The highest BCUT2D eigenvalue weighted by Gasteiger charge is 2.12. The first-order chi connectivity index (χ1) is 7.59. The van der Waals surface area contributed by atoms with E-state index in [9.17, 15) is 0 Å². The van der Waals surface area contributed by atoms with Crippen LogP contribution in [-0.4, -0.2) is 4.98 Å². The van der Waals surface area contributed by atoms with Crippen molar-refractivity contribution in [2.45, 2.75) is 26.7 Å². The summed E-state index contributed by atoms with van der Waals surface area (Å²) in [5.41, 5.74) is 8.65. The van der Waals surface area contributed by atoms with Gasteiger partial charge >= 0.3 is 0 Å². The van der Waals surface area contributed by atoms with Crippen molar-refractivity contribution in [3.05, 3.63) is 35.7 Å². The Morgan fingerprint density at radius 2 is 2.06 bits per heavy atom.